The van der Waals surface area contributed by atoms with Crippen LogP contribution in [0.1, 0.15) is 64.4 Å². The van der Waals surface area contributed by atoms with Gasteiger partial charge in [0.1, 0.15) is 0 Å². The van der Waals surface area contributed by atoms with Crippen LogP contribution in [0.25, 0.3) is 0 Å². The average Bonchev–Trinajstić information content (AvgIpc) is 2.53. The first-order valence-corrected chi connectivity index (χ1v) is 8.25. The van der Waals surface area contributed by atoms with E-state index in [1.54, 1.807) is 23.3 Å². The van der Waals surface area contributed by atoms with Crippen molar-refractivity contribution in [2.75, 3.05) is 0 Å². The summed E-state index contributed by atoms with van der Waals surface area (Å²) in [6, 6.07) is 0.543. The van der Waals surface area contributed by atoms with Crippen molar-refractivity contribution < 1.29 is 82.5 Å². The summed E-state index contributed by atoms with van der Waals surface area (Å²) in [5.74, 6) is 2.14. The van der Waals surface area contributed by atoms with Gasteiger partial charge in [-0.05, 0) is 0 Å². The second-order valence-electron chi connectivity index (χ2n) is 6.04. The molecule has 0 unspecified atom stereocenters. The molecule has 0 spiro atoms. The maximum Gasteiger partial charge on any atom is 0 e. The van der Waals surface area contributed by atoms with Crippen molar-refractivity contribution in [2.45, 2.75) is 60.9 Å². The van der Waals surface area contributed by atoms with Crippen LogP contribution in [0.5, 0.6) is 0 Å². The van der Waals surface area contributed by atoms with E-state index in [0.717, 1.165) is 6.42 Å². The molecule has 0 aliphatic rings. The van der Waals surface area contributed by atoms with Crippen LogP contribution in [0.2, 0.25) is 0 Å². The summed E-state index contributed by atoms with van der Waals surface area (Å²) < 4.78 is 4.06. The summed E-state index contributed by atoms with van der Waals surface area (Å²) in [7, 11) is 0. The third-order valence-corrected chi connectivity index (χ3v) is 5.60. The summed E-state index contributed by atoms with van der Waals surface area (Å²) >= 11 is 1.61. The molecule has 0 aromatic carbocycles. The molecule has 1 aromatic heterocycles. The Hall–Kier alpha value is 1.90. The molecule has 0 N–H and O–H groups in total. The van der Waals surface area contributed by atoms with E-state index in [1.807, 2.05) is 0 Å². The third-order valence-electron chi connectivity index (χ3n) is 3.18. The van der Waals surface area contributed by atoms with Gasteiger partial charge in [0.15, 0.2) is 0 Å². The molecule has 1 rings (SSSR count). The van der Waals surface area contributed by atoms with E-state index in [9.17, 15) is 0 Å². The van der Waals surface area contributed by atoms with E-state index in [4.69, 9.17) is 0 Å². The van der Waals surface area contributed by atoms with Gasteiger partial charge in [-0.2, -0.15) is 0 Å². The quantitative estimate of drug-likeness (QED) is 0.390. The first kappa shape index (κ1) is 27.7. The fourth-order valence-corrected chi connectivity index (χ4v) is 3.31. The minimum absolute atomic E-state index is 0. The third kappa shape index (κ3) is 7.55. The smallest absolute Gasteiger partial charge is 0 e. The molecule has 0 fully saturated rings. The number of nitrogens with zero attached hydrogens (tertiary/aromatic N) is 1. The Morgan fingerprint density at radius 1 is 1.14 bits per heavy atom. The number of rotatable bonds is 5. The van der Waals surface area contributed by atoms with Gasteiger partial charge in [-0.1, -0.05) is 0 Å². The van der Waals surface area contributed by atoms with Crippen molar-refractivity contribution in [3.8, 4) is 0 Å². The van der Waals surface area contributed by atoms with Gasteiger partial charge in [0, 0.05) is 63.2 Å². The van der Waals surface area contributed by atoms with Crippen molar-refractivity contribution in [3.05, 3.63) is 28.9 Å². The zero-order chi connectivity index (χ0) is 14.0. The molecule has 120 valence electrons. The van der Waals surface area contributed by atoms with Gasteiger partial charge in [0.25, 0.3) is 0 Å². The van der Waals surface area contributed by atoms with Gasteiger partial charge in [-0.3, -0.25) is 0 Å². The van der Waals surface area contributed by atoms with E-state index in [0.29, 0.717) is 12.0 Å². The molecule has 1 heterocycles. The van der Waals surface area contributed by atoms with Gasteiger partial charge in [0.2, 0.25) is 0 Å². The molecule has 0 radical (unpaired) electrons. The normalized spacial score (nSPS) is 10.2. The molecule has 0 aliphatic heterocycles. The molecule has 0 bridgehead atoms. The Bertz CT molecular complexity index is 434. The fourth-order valence-electron chi connectivity index (χ4n) is 2.31. The second-order valence-corrected chi connectivity index (χ2v) is 7.62. The van der Waals surface area contributed by atoms with E-state index in [1.165, 1.54) is 22.7 Å². The van der Waals surface area contributed by atoms with Crippen molar-refractivity contribution in [3.63, 3.8) is 0 Å². The maximum absolute atomic E-state index is 2.46. The van der Waals surface area contributed by atoms with Crippen LogP contribution in [0.4, 0.5) is 0 Å². The Morgan fingerprint density at radius 3 is 1.95 bits per heavy atom. The Morgan fingerprint density at radius 2 is 1.62 bits per heavy atom. The van der Waals surface area contributed by atoms with Crippen LogP contribution >= 0.6 is 0 Å². The van der Waals surface area contributed by atoms with Crippen LogP contribution in [-0.2, 0) is 89.0 Å². The molecule has 0 saturated carbocycles. The average molecular weight is 968 g/mol. The topological polar surface area (TPSA) is 4.93 Å². The minimum atomic E-state index is 0. The monoisotopic (exact) mass is 968 g/mol. The van der Waals surface area contributed by atoms with E-state index >= 15 is 0 Å². The molecule has 0 aliphatic carbocycles. The molecule has 0 amide bonds. The molecular weight excluding hydrogens is 942 g/mol. The van der Waals surface area contributed by atoms with E-state index in [-0.39, 0.29) is 63.2 Å². The summed E-state index contributed by atoms with van der Waals surface area (Å²) in [6.45, 7) is 15.9. The van der Waals surface area contributed by atoms with Gasteiger partial charge >= 0.3 is 124 Å². The molecule has 1 aromatic rings. The number of aryl methyl sites for hydroxylation is 1. The van der Waals surface area contributed by atoms with Crippen LogP contribution in [0.15, 0.2) is 6.20 Å². The van der Waals surface area contributed by atoms with E-state index in [2.05, 4.69) is 59.2 Å². The summed E-state index contributed by atoms with van der Waals surface area (Å²) in [5, 5.41) is 0. The van der Waals surface area contributed by atoms with Crippen molar-refractivity contribution in [2.24, 2.45) is 5.92 Å². The van der Waals surface area contributed by atoms with Gasteiger partial charge < -0.3 is 0 Å². The molecular formula is C16H26NW4-. The maximum atomic E-state index is 2.46. The largest absolute Gasteiger partial charge is 0 e. The Balaban J connectivity index is -0.00000108. The zero-order valence-corrected chi connectivity index (χ0v) is 25.8. The fraction of sp³-hybridized carbons (Fsp3) is 0.625. The summed E-state index contributed by atoms with van der Waals surface area (Å²) in [4.78, 5) is 0. The van der Waals surface area contributed by atoms with Gasteiger partial charge in [0.05, 0.1) is 0 Å². The van der Waals surface area contributed by atoms with Crippen molar-refractivity contribution >= 4 is 3.90 Å². The number of hydrogen-bond donors (Lipinski definition) is 0. The predicted molar refractivity (Wildman–Crippen MR) is 76.8 cm³/mol. The summed E-state index contributed by atoms with van der Waals surface area (Å²) in [6.07, 6.45) is 3.44. The first-order chi connectivity index (χ1) is 8.25. The van der Waals surface area contributed by atoms with Crippen molar-refractivity contribution in [1.29, 1.82) is 0 Å². The predicted octanol–water partition coefficient (Wildman–Crippen LogP) is 4.25. The van der Waals surface area contributed by atoms with Gasteiger partial charge in [-0.25, -0.2) is 0 Å². The zero-order valence-electron chi connectivity index (χ0n) is 14.0. The van der Waals surface area contributed by atoms with Crippen molar-refractivity contribution in [1.82, 2.24) is 4.57 Å². The molecule has 0 saturated heterocycles. The van der Waals surface area contributed by atoms with Crippen LogP contribution in [-0.4, -0.2) is 8.47 Å². The second kappa shape index (κ2) is 12.3. The van der Waals surface area contributed by atoms with Crippen LogP contribution in [0.3, 0.4) is 0 Å². The van der Waals surface area contributed by atoms with Crippen LogP contribution < -0.4 is 0 Å². The molecule has 5 heteroatoms. The molecule has 21 heavy (non-hydrogen) atoms. The molecule has 0 atom stereocenters. The van der Waals surface area contributed by atoms with Gasteiger partial charge in [-0.15, -0.1) is 0 Å². The molecule has 1 nitrogen and oxygen atoms in total. The Kier molecular flexibility index (Phi) is 16.2. The SMILES string of the molecule is Cc1cn(C(C)C)c(C[C-](C)C)c1[C](=[W])C(C)C.[W].[W].[W]. The Labute approximate surface area is 185 Å². The first-order valence-electron chi connectivity index (χ1n) is 6.79. The van der Waals surface area contributed by atoms with Crippen LogP contribution in [0, 0.1) is 18.8 Å². The standard InChI is InChI=1S/C16H26N.4W/c1-11(2)8-15-14(7)10-17(13(5)6)16(15)9-12(3)4;;;;/h10-11,13H,9H2,1-7H3;;;;/q-1;;;;. The number of aromatic nitrogens is 1. The van der Waals surface area contributed by atoms with E-state index < -0.39 is 0 Å². The number of hydrogen-bond acceptors (Lipinski definition) is 0. The minimum Gasteiger partial charge on any atom is 0 e. The summed E-state index contributed by atoms with van der Waals surface area (Å²) in [5.41, 5.74) is 4.50.